The minimum Gasteiger partial charge on any atom is -0.497 e. The first kappa shape index (κ1) is 11.5. The van der Waals surface area contributed by atoms with Crippen LogP contribution in [0.3, 0.4) is 0 Å². The number of halogens is 1. The molecule has 0 aliphatic heterocycles. The number of rotatable bonds is 3. The van der Waals surface area contributed by atoms with E-state index in [1.807, 2.05) is 0 Å². The van der Waals surface area contributed by atoms with Crippen LogP contribution < -0.4 is 10.1 Å². The van der Waals surface area contributed by atoms with Crippen molar-refractivity contribution in [1.82, 2.24) is 9.59 Å². The van der Waals surface area contributed by atoms with Gasteiger partial charge in [0.1, 0.15) is 16.6 Å². The maximum Gasteiger partial charge on any atom is 0.259 e. The second-order valence-corrected chi connectivity index (χ2v) is 3.87. The number of aromatic nitrogens is 2. The number of methoxy groups -OCH3 is 1. The quantitative estimate of drug-likeness (QED) is 0.907. The molecular formula is C10H8FN3O2S. The van der Waals surface area contributed by atoms with E-state index in [2.05, 4.69) is 14.9 Å². The summed E-state index contributed by atoms with van der Waals surface area (Å²) in [6.07, 6.45) is 1.39. The molecule has 0 saturated carbocycles. The van der Waals surface area contributed by atoms with Crippen molar-refractivity contribution < 1.29 is 13.9 Å². The van der Waals surface area contributed by atoms with Gasteiger partial charge in [0.15, 0.2) is 0 Å². The highest BCUT2D eigenvalue weighted by atomic mass is 32.1. The zero-order valence-electron chi connectivity index (χ0n) is 8.81. The summed E-state index contributed by atoms with van der Waals surface area (Å²) in [6.45, 7) is 0. The van der Waals surface area contributed by atoms with Gasteiger partial charge in [0.25, 0.3) is 5.91 Å². The van der Waals surface area contributed by atoms with Crippen molar-refractivity contribution in [2.45, 2.75) is 0 Å². The molecule has 0 fully saturated rings. The van der Waals surface area contributed by atoms with Crippen LogP contribution in [0.5, 0.6) is 5.75 Å². The molecule has 0 atom stereocenters. The molecule has 2 rings (SSSR count). The molecule has 5 nitrogen and oxygen atoms in total. The third kappa shape index (κ3) is 2.56. The molecule has 0 bridgehead atoms. The summed E-state index contributed by atoms with van der Waals surface area (Å²) < 4.78 is 22.0. The Bertz CT molecular complexity index is 530. The summed E-state index contributed by atoms with van der Waals surface area (Å²) in [6, 6.07) is 4.03. The summed E-state index contributed by atoms with van der Waals surface area (Å²) in [4.78, 5) is 11.7. The van der Waals surface area contributed by atoms with Crippen LogP contribution in [0.15, 0.2) is 24.4 Å². The van der Waals surface area contributed by atoms with Gasteiger partial charge in [-0.2, -0.15) is 0 Å². The maximum atomic E-state index is 13.5. The Balaban J connectivity index is 2.19. The fourth-order valence-corrected chi connectivity index (χ4v) is 1.62. The lowest BCUT2D eigenvalue weighted by atomic mass is 10.2. The molecule has 1 aromatic carbocycles. The van der Waals surface area contributed by atoms with Crippen LogP contribution in [-0.2, 0) is 0 Å². The Morgan fingerprint density at radius 2 is 2.35 bits per heavy atom. The number of hydrogen-bond acceptors (Lipinski definition) is 5. The van der Waals surface area contributed by atoms with Crippen LogP contribution in [0.1, 0.15) is 10.4 Å². The normalized spacial score (nSPS) is 10.0. The average Bonchev–Trinajstić information content (AvgIpc) is 2.81. The minimum absolute atomic E-state index is 0.0563. The largest absolute Gasteiger partial charge is 0.497 e. The van der Waals surface area contributed by atoms with Gasteiger partial charge in [-0.05, 0) is 12.1 Å². The minimum atomic E-state index is -0.640. The van der Waals surface area contributed by atoms with Crippen molar-refractivity contribution >= 4 is 22.4 Å². The van der Waals surface area contributed by atoms with Crippen LogP contribution >= 0.6 is 11.5 Å². The lowest BCUT2D eigenvalue weighted by molar-refractivity contribution is 0.102. The molecule has 88 valence electrons. The number of carbonyl (C=O) groups excluding carboxylic acids is 1. The van der Waals surface area contributed by atoms with Gasteiger partial charge in [0.2, 0.25) is 0 Å². The SMILES string of the molecule is COc1ccc(C(=O)Nc2cnns2)c(F)c1. The predicted molar refractivity (Wildman–Crippen MR) is 60.8 cm³/mol. The lowest BCUT2D eigenvalue weighted by Crippen LogP contribution is -2.12. The second-order valence-electron chi connectivity index (χ2n) is 3.08. The second kappa shape index (κ2) is 4.88. The number of ether oxygens (including phenoxy) is 1. The zero-order valence-corrected chi connectivity index (χ0v) is 9.62. The molecule has 0 unspecified atom stereocenters. The first-order valence-corrected chi connectivity index (χ1v) is 5.40. The van der Waals surface area contributed by atoms with Gasteiger partial charge in [-0.3, -0.25) is 4.79 Å². The Hall–Kier alpha value is -2.02. The van der Waals surface area contributed by atoms with E-state index in [0.717, 1.165) is 17.6 Å². The van der Waals surface area contributed by atoms with Crippen LogP contribution in [-0.4, -0.2) is 22.6 Å². The van der Waals surface area contributed by atoms with Gasteiger partial charge in [0, 0.05) is 17.6 Å². The molecule has 0 saturated heterocycles. The van der Waals surface area contributed by atoms with E-state index in [1.165, 1.54) is 25.4 Å². The summed E-state index contributed by atoms with van der Waals surface area (Å²) >= 11 is 1.02. The molecule has 17 heavy (non-hydrogen) atoms. The van der Waals surface area contributed by atoms with E-state index in [0.29, 0.717) is 10.8 Å². The number of hydrogen-bond donors (Lipinski definition) is 1. The van der Waals surface area contributed by atoms with E-state index in [4.69, 9.17) is 4.74 Å². The summed E-state index contributed by atoms with van der Waals surface area (Å²) in [5.41, 5.74) is -0.0563. The van der Waals surface area contributed by atoms with Crippen molar-refractivity contribution in [2.75, 3.05) is 12.4 Å². The Labute approximate surface area is 100 Å². The van der Waals surface area contributed by atoms with E-state index in [-0.39, 0.29) is 5.56 Å². The third-order valence-electron chi connectivity index (χ3n) is 2.02. The van der Waals surface area contributed by atoms with Crippen LogP contribution in [0.4, 0.5) is 9.39 Å². The summed E-state index contributed by atoms with van der Waals surface area (Å²) in [5.74, 6) is -0.825. The van der Waals surface area contributed by atoms with Gasteiger partial charge in [-0.1, -0.05) is 4.49 Å². The number of nitrogens with one attached hydrogen (secondary N) is 1. The topological polar surface area (TPSA) is 64.1 Å². The van der Waals surface area contributed by atoms with Crippen LogP contribution in [0.2, 0.25) is 0 Å². The molecule has 1 amide bonds. The van der Waals surface area contributed by atoms with Gasteiger partial charge < -0.3 is 10.1 Å². The van der Waals surface area contributed by atoms with Crippen molar-refractivity contribution in [1.29, 1.82) is 0 Å². The molecule has 0 aliphatic rings. The van der Waals surface area contributed by atoms with Crippen molar-refractivity contribution in [3.63, 3.8) is 0 Å². The molecule has 1 N–H and O–H groups in total. The standard InChI is InChI=1S/C10H8FN3O2S/c1-16-6-2-3-7(8(11)4-6)10(15)13-9-5-12-14-17-9/h2-5H,1H3,(H,13,15). The van der Waals surface area contributed by atoms with E-state index in [9.17, 15) is 9.18 Å². The van der Waals surface area contributed by atoms with Gasteiger partial charge in [0.05, 0.1) is 18.9 Å². The van der Waals surface area contributed by atoms with Gasteiger partial charge in [-0.25, -0.2) is 4.39 Å². The van der Waals surface area contributed by atoms with Gasteiger partial charge >= 0.3 is 0 Å². The fraction of sp³-hybridized carbons (Fsp3) is 0.100. The first-order chi connectivity index (χ1) is 8.20. The molecule has 1 aromatic heterocycles. The fourth-order valence-electron chi connectivity index (χ4n) is 1.21. The molecule has 1 heterocycles. The summed E-state index contributed by atoms with van der Waals surface area (Å²) in [7, 11) is 1.43. The lowest BCUT2D eigenvalue weighted by Gasteiger charge is -2.05. The highest BCUT2D eigenvalue weighted by Gasteiger charge is 2.13. The first-order valence-electron chi connectivity index (χ1n) is 4.63. The maximum absolute atomic E-state index is 13.5. The Morgan fingerprint density at radius 1 is 1.53 bits per heavy atom. The van der Waals surface area contributed by atoms with Gasteiger partial charge in [-0.15, -0.1) is 5.10 Å². The van der Waals surface area contributed by atoms with E-state index >= 15 is 0 Å². The van der Waals surface area contributed by atoms with E-state index in [1.54, 1.807) is 0 Å². The predicted octanol–water partition coefficient (Wildman–Crippen LogP) is 1.94. The Morgan fingerprint density at radius 3 is 2.94 bits per heavy atom. The van der Waals surface area contributed by atoms with Crippen molar-refractivity contribution in [3.8, 4) is 5.75 Å². The van der Waals surface area contributed by atoms with Crippen molar-refractivity contribution in [2.24, 2.45) is 0 Å². The molecule has 0 spiro atoms. The number of anilines is 1. The molecule has 0 aliphatic carbocycles. The monoisotopic (exact) mass is 253 g/mol. The molecule has 0 radical (unpaired) electrons. The number of nitrogens with zero attached hydrogens (tertiary/aromatic N) is 2. The number of benzene rings is 1. The van der Waals surface area contributed by atoms with Crippen LogP contribution in [0.25, 0.3) is 0 Å². The highest BCUT2D eigenvalue weighted by molar-refractivity contribution is 7.10. The number of carbonyl (C=O) groups is 1. The zero-order chi connectivity index (χ0) is 12.3. The third-order valence-corrected chi connectivity index (χ3v) is 2.60. The molecular weight excluding hydrogens is 245 g/mol. The van der Waals surface area contributed by atoms with E-state index < -0.39 is 11.7 Å². The number of amides is 1. The molecule has 2 aromatic rings. The molecule has 7 heteroatoms. The summed E-state index contributed by atoms with van der Waals surface area (Å²) in [5, 5.41) is 6.51. The van der Waals surface area contributed by atoms with Crippen molar-refractivity contribution in [3.05, 3.63) is 35.8 Å². The highest BCUT2D eigenvalue weighted by Crippen LogP contribution is 2.18. The Kier molecular flexibility index (Phi) is 3.29. The van der Waals surface area contributed by atoms with Crippen LogP contribution in [0, 0.1) is 5.82 Å². The smallest absolute Gasteiger partial charge is 0.259 e. The average molecular weight is 253 g/mol.